The molecule has 0 saturated heterocycles. The monoisotopic (exact) mass is 221 g/mol. The van der Waals surface area contributed by atoms with Crippen LogP contribution in [0.2, 0.25) is 0 Å². The Hall–Kier alpha value is -0.830. The van der Waals surface area contributed by atoms with Crippen LogP contribution in [0.15, 0.2) is 12.4 Å². The van der Waals surface area contributed by atoms with E-state index in [9.17, 15) is 0 Å². The van der Waals surface area contributed by atoms with Crippen LogP contribution < -0.4 is 5.32 Å². The van der Waals surface area contributed by atoms with Gasteiger partial charge in [0.2, 0.25) is 0 Å². The summed E-state index contributed by atoms with van der Waals surface area (Å²) in [5.41, 5.74) is 0.483. The van der Waals surface area contributed by atoms with E-state index >= 15 is 0 Å². The van der Waals surface area contributed by atoms with Crippen molar-refractivity contribution in [1.29, 1.82) is 0 Å². The Balaban J connectivity index is 2.20. The van der Waals surface area contributed by atoms with Crippen molar-refractivity contribution < 1.29 is 0 Å². The van der Waals surface area contributed by atoms with Crippen LogP contribution in [0, 0.1) is 11.3 Å². The van der Waals surface area contributed by atoms with Crippen molar-refractivity contribution >= 4 is 0 Å². The quantitative estimate of drug-likeness (QED) is 0.828. The minimum atomic E-state index is 0.426. The fourth-order valence-corrected chi connectivity index (χ4v) is 2.58. The average Bonchev–Trinajstić information content (AvgIpc) is 2.69. The summed E-state index contributed by atoms with van der Waals surface area (Å²) in [4.78, 5) is 4.53. The van der Waals surface area contributed by atoms with E-state index in [4.69, 9.17) is 0 Å². The third-order valence-electron chi connectivity index (χ3n) is 3.78. The van der Waals surface area contributed by atoms with Gasteiger partial charge in [0.25, 0.3) is 0 Å². The van der Waals surface area contributed by atoms with Gasteiger partial charge >= 0.3 is 0 Å². The van der Waals surface area contributed by atoms with Crippen LogP contribution in [0.5, 0.6) is 0 Å². The Labute approximate surface area is 98.3 Å². The summed E-state index contributed by atoms with van der Waals surface area (Å²) in [7, 11) is 0. The van der Waals surface area contributed by atoms with Gasteiger partial charge in [-0.05, 0) is 31.2 Å². The molecule has 1 N–H and O–H groups in total. The van der Waals surface area contributed by atoms with Gasteiger partial charge in [-0.1, -0.05) is 20.8 Å². The molecule has 0 radical (unpaired) electrons. The van der Waals surface area contributed by atoms with Gasteiger partial charge in [0.15, 0.2) is 0 Å². The molecule has 16 heavy (non-hydrogen) atoms. The van der Waals surface area contributed by atoms with Gasteiger partial charge in [0.05, 0.1) is 6.04 Å². The van der Waals surface area contributed by atoms with Crippen LogP contribution in [0.4, 0.5) is 0 Å². The van der Waals surface area contributed by atoms with Gasteiger partial charge in [0.1, 0.15) is 5.82 Å². The van der Waals surface area contributed by atoms with E-state index in [0.29, 0.717) is 11.5 Å². The lowest BCUT2D eigenvalue weighted by Gasteiger charge is -2.20. The zero-order chi connectivity index (χ0) is 11.8. The van der Waals surface area contributed by atoms with Crippen molar-refractivity contribution in [3.63, 3.8) is 0 Å². The van der Waals surface area contributed by atoms with E-state index < -0.39 is 0 Å². The van der Waals surface area contributed by atoms with Crippen LogP contribution in [0.25, 0.3) is 0 Å². The van der Waals surface area contributed by atoms with Crippen molar-refractivity contribution in [2.24, 2.45) is 11.3 Å². The fraction of sp³-hybridized carbons (Fsp3) is 0.769. The van der Waals surface area contributed by atoms with Gasteiger partial charge in [-0.2, -0.15) is 0 Å². The summed E-state index contributed by atoms with van der Waals surface area (Å²) in [5.74, 6) is 1.94. The molecular weight excluding hydrogens is 198 g/mol. The first-order valence-electron chi connectivity index (χ1n) is 6.34. The molecule has 1 saturated carbocycles. The Morgan fingerprint density at radius 3 is 2.75 bits per heavy atom. The molecule has 0 amide bonds. The molecule has 1 aliphatic rings. The number of imidazole rings is 1. The number of nitrogens with one attached hydrogen (secondary N) is 1. The second-order valence-electron chi connectivity index (χ2n) is 5.41. The normalized spacial score (nSPS) is 24.4. The van der Waals surface area contributed by atoms with Gasteiger partial charge in [-0.3, -0.25) is 0 Å². The van der Waals surface area contributed by atoms with Gasteiger partial charge in [-0.25, -0.2) is 4.98 Å². The minimum Gasteiger partial charge on any atom is -0.334 e. The van der Waals surface area contributed by atoms with E-state index in [1.54, 1.807) is 0 Å². The van der Waals surface area contributed by atoms with Gasteiger partial charge in [-0.15, -0.1) is 0 Å². The molecule has 1 fully saturated rings. The zero-order valence-corrected chi connectivity index (χ0v) is 10.8. The smallest absolute Gasteiger partial charge is 0.126 e. The maximum absolute atomic E-state index is 4.53. The minimum absolute atomic E-state index is 0.426. The molecular formula is C13H23N3. The lowest BCUT2D eigenvalue weighted by molar-refractivity contribution is 0.396. The van der Waals surface area contributed by atoms with E-state index in [-0.39, 0.29) is 0 Å². The number of aryl methyl sites for hydroxylation is 1. The molecule has 2 atom stereocenters. The molecule has 90 valence electrons. The van der Waals surface area contributed by atoms with Crippen molar-refractivity contribution in [3.8, 4) is 0 Å². The van der Waals surface area contributed by atoms with E-state index in [1.807, 2.05) is 6.20 Å². The molecule has 0 spiro atoms. The molecule has 0 aromatic carbocycles. The van der Waals surface area contributed by atoms with Crippen molar-refractivity contribution in [2.45, 2.75) is 46.7 Å². The largest absolute Gasteiger partial charge is 0.334 e. The van der Waals surface area contributed by atoms with Crippen LogP contribution >= 0.6 is 0 Å². The summed E-state index contributed by atoms with van der Waals surface area (Å²) in [6.07, 6.45) is 5.30. The van der Waals surface area contributed by atoms with Gasteiger partial charge < -0.3 is 9.88 Å². The van der Waals surface area contributed by atoms with Crippen molar-refractivity contribution in [2.75, 3.05) is 6.54 Å². The highest BCUT2D eigenvalue weighted by Crippen LogP contribution is 2.57. The summed E-state index contributed by atoms with van der Waals surface area (Å²) in [6, 6.07) is 0.426. The van der Waals surface area contributed by atoms with E-state index in [0.717, 1.165) is 19.0 Å². The Kier molecular flexibility index (Phi) is 3.06. The lowest BCUT2D eigenvalue weighted by atomic mass is 10.0. The first-order chi connectivity index (χ1) is 7.60. The molecule has 0 bridgehead atoms. The highest BCUT2D eigenvalue weighted by molar-refractivity contribution is 5.11. The number of rotatable bonds is 5. The second kappa shape index (κ2) is 4.21. The molecule has 2 unspecified atom stereocenters. The average molecular weight is 221 g/mol. The zero-order valence-electron chi connectivity index (χ0n) is 10.8. The maximum Gasteiger partial charge on any atom is 0.126 e. The lowest BCUT2D eigenvalue weighted by Crippen LogP contribution is -2.27. The predicted octanol–water partition coefficient (Wildman–Crippen LogP) is 2.60. The van der Waals surface area contributed by atoms with Crippen molar-refractivity contribution in [3.05, 3.63) is 18.2 Å². The Bertz CT molecular complexity index is 354. The number of aromatic nitrogens is 2. The highest BCUT2D eigenvalue weighted by atomic mass is 15.1. The maximum atomic E-state index is 4.53. The Morgan fingerprint density at radius 1 is 1.56 bits per heavy atom. The molecule has 1 heterocycles. The third kappa shape index (κ3) is 2.01. The molecule has 2 rings (SSSR count). The standard InChI is InChI=1S/C13H23N3/c1-5-14-11(10-9-13(10,3)4)12-15-7-8-16(12)6-2/h7-8,10-11,14H,5-6,9H2,1-4H3. The topological polar surface area (TPSA) is 29.9 Å². The SMILES string of the molecule is CCNC(c1nccn1CC)C1CC1(C)C. The summed E-state index contributed by atoms with van der Waals surface area (Å²) in [5, 5.41) is 3.59. The van der Waals surface area contributed by atoms with Crippen molar-refractivity contribution in [1.82, 2.24) is 14.9 Å². The number of nitrogens with zero attached hydrogens (tertiary/aromatic N) is 2. The first kappa shape index (κ1) is 11.6. The highest BCUT2D eigenvalue weighted by Gasteiger charge is 2.51. The molecule has 0 aliphatic heterocycles. The summed E-state index contributed by atoms with van der Waals surface area (Å²) >= 11 is 0. The van der Waals surface area contributed by atoms with Crippen LogP contribution in [-0.2, 0) is 6.54 Å². The predicted molar refractivity (Wildman–Crippen MR) is 66.2 cm³/mol. The Morgan fingerprint density at radius 2 is 2.25 bits per heavy atom. The third-order valence-corrected chi connectivity index (χ3v) is 3.78. The summed E-state index contributed by atoms with van der Waals surface area (Å²) in [6.45, 7) is 11.1. The van der Waals surface area contributed by atoms with Crippen LogP contribution in [0.3, 0.4) is 0 Å². The van der Waals surface area contributed by atoms with E-state index in [1.165, 1.54) is 12.2 Å². The molecule has 1 aromatic rings. The second-order valence-corrected chi connectivity index (χ2v) is 5.41. The van der Waals surface area contributed by atoms with Gasteiger partial charge in [0, 0.05) is 18.9 Å². The number of hydrogen-bond donors (Lipinski definition) is 1. The molecule has 1 aromatic heterocycles. The number of hydrogen-bond acceptors (Lipinski definition) is 2. The summed E-state index contributed by atoms with van der Waals surface area (Å²) < 4.78 is 2.25. The van der Waals surface area contributed by atoms with Crippen LogP contribution in [-0.4, -0.2) is 16.1 Å². The molecule has 3 nitrogen and oxygen atoms in total. The first-order valence-corrected chi connectivity index (χ1v) is 6.34. The van der Waals surface area contributed by atoms with Crippen LogP contribution in [0.1, 0.15) is 46.0 Å². The van der Waals surface area contributed by atoms with E-state index in [2.05, 4.69) is 48.8 Å². The fourth-order valence-electron chi connectivity index (χ4n) is 2.58. The molecule has 1 aliphatic carbocycles. The molecule has 3 heteroatoms.